The lowest BCUT2D eigenvalue weighted by atomic mass is 10.0. The van der Waals surface area contributed by atoms with Crippen LogP contribution < -0.4 is 0 Å². The smallest absolute Gasteiger partial charge is 0.320 e. The van der Waals surface area contributed by atoms with E-state index in [1.807, 2.05) is 13.8 Å². The molecule has 0 spiro atoms. The fourth-order valence-electron chi connectivity index (χ4n) is 2.63. The number of nitrogens with zero attached hydrogens (tertiary/aromatic N) is 2. The van der Waals surface area contributed by atoms with Gasteiger partial charge in [-0.15, -0.1) is 0 Å². The molecule has 2 amide bonds. The third-order valence-corrected chi connectivity index (χ3v) is 4.24. The van der Waals surface area contributed by atoms with Gasteiger partial charge in [0.15, 0.2) is 0 Å². The van der Waals surface area contributed by atoms with Gasteiger partial charge in [-0.3, -0.25) is 4.79 Å². The van der Waals surface area contributed by atoms with Crippen molar-refractivity contribution in [2.24, 2.45) is 11.8 Å². The van der Waals surface area contributed by atoms with Gasteiger partial charge in [0, 0.05) is 19.6 Å². The molecular formula is C15H28N2O4. The van der Waals surface area contributed by atoms with Crippen molar-refractivity contribution in [2.45, 2.75) is 40.2 Å². The molecule has 0 aliphatic carbocycles. The van der Waals surface area contributed by atoms with Crippen LogP contribution in [0.4, 0.5) is 4.79 Å². The fraction of sp³-hybridized carbons (Fsp3) is 0.867. The molecule has 6 heteroatoms. The highest BCUT2D eigenvalue weighted by Crippen LogP contribution is 2.21. The summed E-state index contributed by atoms with van der Waals surface area (Å²) in [5.74, 6) is -1.09. The summed E-state index contributed by atoms with van der Waals surface area (Å²) >= 11 is 0. The van der Waals surface area contributed by atoms with E-state index in [1.165, 1.54) is 0 Å². The summed E-state index contributed by atoms with van der Waals surface area (Å²) in [5.41, 5.74) is 0. The van der Waals surface area contributed by atoms with Gasteiger partial charge in [0.2, 0.25) is 0 Å². The third kappa shape index (κ3) is 4.33. The lowest BCUT2D eigenvalue weighted by Gasteiger charge is -2.35. The van der Waals surface area contributed by atoms with Gasteiger partial charge < -0.3 is 19.6 Å². The standard InChI is InChI=1S/C15H28N2O4/c1-5-11(4)8-16(6-2)15(20)17(7-3)13-10-21-9-12(13)14(18)19/h11-13H,5-10H2,1-4H3,(H,18,19). The fourth-order valence-corrected chi connectivity index (χ4v) is 2.63. The lowest BCUT2D eigenvalue weighted by molar-refractivity contribution is -0.142. The molecule has 122 valence electrons. The minimum Gasteiger partial charge on any atom is -0.481 e. The summed E-state index contributed by atoms with van der Waals surface area (Å²) < 4.78 is 5.29. The van der Waals surface area contributed by atoms with Crippen LogP contribution in [-0.4, -0.2) is 65.8 Å². The van der Waals surface area contributed by atoms with Gasteiger partial charge in [0.1, 0.15) is 5.92 Å². The molecule has 0 aromatic carbocycles. The molecule has 1 saturated heterocycles. The summed E-state index contributed by atoms with van der Waals surface area (Å²) in [6, 6.07) is -0.451. The number of urea groups is 1. The maximum absolute atomic E-state index is 12.7. The summed E-state index contributed by atoms with van der Waals surface area (Å²) in [7, 11) is 0. The van der Waals surface area contributed by atoms with E-state index in [0.29, 0.717) is 32.2 Å². The van der Waals surface area contributed by atoms with Crippen LogP contribution in [0.1, 0.15) is 34.1 Å². The van der Waals surface area contributed by atoms with Crippen molar-refractivity contribution in [1.29, 1.82) is 0 Å². The summed E-state index contributed by atoms with van der Waals surface area (Å²) in [5, 5.41) is 9.26. The second-order valence-corrected chi connectivity index (χ2v) is 5.67. The van der Waals surface area contributed by atoms with Gasteiger partial charge in [-0.25, -0.2) is 4.79 Å². The zero-order chi connectivity index (χ0) is 16.0. The predicted octanol–water partition coefficient (Wildman–Crippen LogP) is 1.90. The number of amides is 2. The number of likely N-dealkylation sites (N-methyl/N-ethyl adjacent to an activating group) is 1. The van der Waals surface area contributed by atoms with E-state index in [9.17, 15) is 14.7 Å². The monoisotopic (exact) mass is 300 g/mol. The van der Waals surface area contributed by atoms with Crippen molar-refractivity contribution in [3.8, 4) is 0 Å². The van der Waals surface area contributed by atoms with E-state index >= 15 is 0 Å². The number of carbonyl (C=O) groups is 2. The first kappa shape index (κ1) is 17.8. The van der Waals surface area contributed by atoms with Crippen LogP contribution >= 0.6 is 0 Å². The topological polar surface area (TPSA) is 70.1 Å². The van der Waals surface area contributed by atoms with Crippen molar-refractivity contribution >= 4 is 12.0 Å². The Bertz CT molecular complexity index is 362. The Morgan fingerprint density at radius 3 is 2.38 bits per heavy atom. The molecule has 0 bridgehead atoms. The molecule has 6 nitrogen and oxygen atoms in total. The Kier molecular flexibility index (Phi) is 6.95. The van der Waals surface area contributed by atoms with E-state index in [0.717, 1.165) is 6.42 Å². The number of carboxylic acid groups (broad SMARTS) is 1. The van der Waals surface area contributed by atoms with Crippen molar-refractivity contribution in [3.63, 3.8) is 0 Å². The second-order valence-electron chi connectivity index (χ2n) is 5.67. The minimum absolute atomic E-state index is 0.0814. The molecule has 1 N–H and O–H groups in total. The van der Waals surface area contributed by atoms with Gasteiger partial charge in [-0.1, -0.05) is 20.3 Å². The Labute approximate surface area is 127 Å². The number of carbonyl (C=O) groups excluding carboxylic acids is 1. The third-order valence-electron chi connectivity index (χ3n) is 4.24. The molecule has 0 radical (unpaired) electrons. The number of carboxylic acids is 1. The van der Waals surface area contributed by atoms with Gasteiger partial charge >= 0.3 is 12.0 Å². The molecule has 3 unspecified atom stereocenters. The maximum Gasteiger partial charge on any atom is 0.320 e. The number of hydrogen-bond donors (Lipinski definition) is 1. The highest BCUT2D eigenvalue weighted by Gasteiger charge is 2.40. The van der Waals surface area contributed by atoms with Crippen molar-refractivity contribution in [2.75, 3.05) is 32.8 Å². The van der Waals surface area contributed by atoms with E-state index in [2.05, 4.69) is 13.8 Å². The molecule has 1 rings (SSSR count). The van der Waals surface area contributed by atoms with Crippen LogP contribution in [0.15, 0.2) is 0 Å². The van der Waals surface area contributed by atoms with Crippen LogP contribution in [0, 0.1) is 11.8 Å². The Morgan fingerprint density at radius 1 is 1.24 bits per heavy atom. The maximum atomic E-state index is 12.7. The van der Waals surface area contributed by atoms with Crippen molar-refractivity contribution in [3.05, 3.63) is 0 Å². The van der Waals surface area contributed by atoms with Crippen LogP contribution in [0.3, 0.4) is 0 Å². The Balaban J connectivity index is 2.81. The molecule has 1 heterocycles. The number of ether oxygens (including phenoxy) is 1. The molecule has 3 atom stereocenters. The van der Waals surface area contributed by atoms with E-state index in [-0.39, 0.29) is 18.7 Å². The van der Waals surface area contributed by atoms with E-state index < -0.39 is 11.9 Å². The second kappa shape index (κ2) is 8.22. The van der Waals surface area contributed by atoms with Crippen LogP contribution in [-0.2, 0) is 9.53 Å². The van der Waals surface area contributed by atoms with Crippen molar-refractivity contribution < 1.29 is 19.4 Å². The summed E-state index contributed by atoms with van der Waals surface area (Å²) in [6.07, 6.45) is 1.01. The molecule has 21 heavy (non-hydrogen) atoms. The first-order chi connectivity index (χ1) is 9.96. The predicted molar refractivity (Wildman–Crippen MR) is 80.2 cm³/mol. The highest BCUT2D eigenvalue weighted by atomic mass is 16.5. The highest BCUT2D eigenvalue weighted by molar-refractivity contribution is 5.77. The SMILES string of the molecule is CCC(C)CN(CC)C(=O)N(CC)C1COCC1C(=O)O. The number of hydrogen-bond acceptors (Lipinski definition) is 3. The van der Waals surface area contributed by atoms with E-state index in [4.69, 9.17) is 4.74 Å². The van der Waals surface area contributed by atoms with Crippen molar-refractivity contribution in [1.82, 2.24) is 9.80 Å². The Morgan fingerprint density at radius 2 is 1.90 bits per heavy atom. The normalized spacial score (nSPS) is 22.9. The molecular weight excluding hydrogens is 272 g/mol. The zero-order valence-electron chi connectivity index (χ0n) is 13.5. The summed E-state index contributed by atoms with van der Waals surface area (Å²) in [4.78, 5) is 27.5. The quantitative estimate of drug-likeness (QED) is 0.779. The van der Waals surface area contributed by atoms with Gasteiger partial charge in [-0.2, -0.15) is 0 Å². The zero-order valence-corrected chi connectivity index (χ0v) is 13.5. The largest absolute Gasteiger partial charge is 0.481 e. The van der Waals surface area contributed by atoms with Gasteiger partial charge in [-0.05, 0) is 19.8 Å². The van der Waals surface area contributed by atoms with Crippen LogP contribution in [0.2, 0.25) is 0 Å². The molecule has 0 aromatic rings. The summed E-state index contributed by atoms with van der Waals surface area (Å²) in [6.45, 7) is 10.4. The molecule has 0 saturated carbocycles. The number of rotatable bonds is 7. The molecule has 0 aromatic heterocycles. The molecule has 1 fully saturated rings. The Hall–Kier alpha value is -1.30. The van der Waals surface area contributed by atoms with E-state index in [1.54, 1.807) is 9.80 Å². The average Bonchev–Trinajstić information content (AvgIpc) is 2.94. The van der Waals surface area contributed by atoms with Crippen LogP contribution in [0.25, 0.3) is 0 Å². The number of aliphatic carboxylic acids is 1. The lowest BCUT2D eigenvalue weighted by Crippen LogP contribution is -2.52. The molecule has 1 aliphatic heterocycles. The first-order valence-corrected chi connectivity index (χ1v) is 7.82. The van der Waals surface area contributed by atoms with Gasteiger partial charge in [0.05, 0.1) is 19.3 Å². The average molecular weight is 300 g/mol. The minimum atomic E-state index is -0.895. The molecule has 1 aliphatic rings. The van der Waals surface area contributed by atoms with Gasteiger partial charge in [0.25, 0.3) is 0 Å². The van der Waals surface area contributed by atoms with Crippen LogP contribution in [0.5, 0.6) is 0 Å². The first-order valence-electron chi connectivity index (χ1n) is 7.82.